The standard InChI is InChI=1S/C13H12ClNO3/c1-7(13(17)18)4-9-5-8-6-10(14)2-3-11(8)15-12(9)16/h2-3,5-7H,4H2,1H3,(H,15,16)(H,17,18). The summed E-state index contributed by atoms with van der Waals surface area (Å²) in [5, 5.41) is 10.2. The fourth-order valence-corrected chi connectivity index (χ4v) is 1.97. The third-order valence-corrected chi connectivity index (χ3v) is 3.07. The van der Waals surface area contributed by atoms with E-state index < -0.39 is 11.9 Å². The number of aromatic nitrogens is 1. The molecule has 1 unspecified atom stereocenters. The summed E-state index contributed by atoms with van der Waals surface area (Å²) in [6, 6.07) is 6.85. The van der Waals surface area contributed by atoms with Crippen LogP contribution in [0, 0.1) is 5.92 Å². The fourth-order valence-electron chi connectivity index (χ4n) is 1.79. The first-order chi connectivity index (χ1) is 8.47. The van der Waals surface area contributed by atoms with Crippen LogP contribution in [0.3, 0.4) is 0 Å². The third-order valence-electron chi connectivity index (χ3n) is 2.83. The second-order valence-electron chi connectivity index (χ2n) is 4.30. The van der Waals surface area contributed by atoms with Crippen molar-refractivity contribution in [1.82, 2.24) is 4.98 Å². The molecule has 0 aliphatic heterocycles. The Morgan fingerprint density at radius 3 is 2.83 bits per heavy atom. The summed E-state index contributed by atoms with van der Waals surface area (Å²) in [6.07, 6.45) is 0.202. The molecule has 2 rings (SSSR count). The summed E-state index contributed by atoms with van der Waals surface area (Å²) in [5.74, 6) is -1.51. The number of rotatable bonds is 3. The minimum atomic E-state index is -0.916. The Hall–Kier alpha value is -1.81. The maximum Gasteiger partial charge on any atom is 0.306 e. The first kappa shape index (κ1) is 12.6. The Morgan fingerprint density at radius 2 is 2.17 bits per heavy atom. The van der Waals surface area contributed by atoms with E-state index >= 15 is 0 Å². The smallest absolute Gasteiger partial charge is 0.306 e. The van der Waals surface area contributed by atoms with Gasteiger partial charge in [0, 0.05) is 16.1 Å². The number of hydrogen-bond donors (Lipinski definition) is 2. The Labute approximate surface area is 108 Å². The molecule has 5 heteroatoms. The van der Waals surface area contributed by atoms with Crippen molar-refractivity contribution in [2.45, 2.75) is 13.3 Å². The molecule has 0 saturated heterocycles. The van der Waals surface area contributed by atoms with E-state index in [0.717, 1.165) is 5.39 Å². The lowest BCUT2D eigenvalue weighted by atomic mass is 10.0. The maximum atomic E-state index is 11.8. The number of carboxylic acid groups (broad SMARTS) is 1. The van der Waals surface area contributed by atoms with Crippen LogP contribution in [0.2, 0.25) is 5.02 Å². The van der Waals surface area contributed by atoms with Crippen molar-refractivity contribution < 1.29 is 9.90 Å². The highest BCUT2D eigenvalue weighted by molar-refractivity contribution is 6.31. The van der Waals surface area contributed by atoms with Crippen molar-refractivity contribution in [3.8, 4) is 0 Å². The minimum Gasteiger partial charge on any atom is -0.481 e. The summed E-state index contributed by atoms with van der Waals surface area (Å²) >= 11 is 5.88. The van der Waals surface area contributed by atoms with E-state index in [-0.39, 0.29) is 12.0 Å². The molecular weight excluding hydrogens is 254 g/mol. The Morgan fingerprint density at radius 1 is 1.44 bits per heavy atom. The number of aliphatic carboxylic acids is 1. The highest BCUT2D eigenvalue weighted by Gasteiger charge is 2.14. The van der Waals surface area contributed by atoms with E-state index in [0.29, 0.717) is 16.1 Å². The normalized spacial score (nSPS) is 12.6. The van der Waals surface area contributed by atoms with Gasteiger partial charge in [-0.25, -0.2) is 0 Å². The van der Waals surface area contributed by atoms with Crippen LogP contribution in [0.5, 0.6) is 0 Å². The maximum absolute atomic E-state index is 11.8. The first-order valence-corrected chi connectivity index (χ1v) is 5.89. The lowest BCUT2D eigenvalue weighted by molar-refractivity contribution is -0.141. The molecule has 2 aromatic rings. The summed E-state index contributed by atoms with van der Waals surface area (Å²) in [4.78, 5) is 25.3. The van der Waals surface area contributed by atoms with Crippen molar-refractivity contribution in [2.75, 3.05) is 0 Å². The van der Waals surface area contributed by atoms with Crippen LogP contribution < -0.4 is 5.56 Å². The molecule has 1 heterocycles. The Bertz CT molecular complexity index is 663. The fraction of sp³-hybridized carbons (Fsp3) is 0.231. The van der Waals surface area contributed by atoms with Crippen LogP contribution in [-0.2, 0) is 11.2 Å². The molecule has 0 amide bonds. The van der Waals surface area contributed by atoms with E-state index in [1.807, 2.05) is 0 Å². The summed E-state index contributed by atoms with van der Waals surface area (Å²) in [6.45, 7) is 1.57. The minimum absolute atomic E-state index is 0.202. The van der Waals surface area contributed by atoms with E-state index in [1.54, 1.807) is 31.2 Å². The van der Waals surface area contributed by atoms with Gasteiger partial charge in [0.05, 0.1) is 5.92 Å². The zero-order valence-electron chi connectivity index (χ0n) is 9.74. The molecule has 0 saturated carbocycles. The van der Waals surface area contributed by atoms with Crippen LogP contribution in [0.15, 0.2) is 29.1 Å². The number of halogens is 1. The predicted molar refractivity (Wildman–Crippen MR) is 70.1 cm³/mol. The van der Waals surface area contributed by atoms with Crippen molar-refractivity contribution in [1.29, 1.82) is 0 Å². The molecule has 2 N–H and O–H groups in total. The van der Waals surface area contributed by atoms with Gasteiger partial charge in [0.1, 0.15) is 0 Å². The van der Waals surface area contributed by atoms with Gasteiger partial charge in [-0.2, -0.15) is 0 Å². The molecule has 4 nitrogen and oxygen atoms in total. The lowest BCUT2D eigenvalue weighted by Crippen LogP contribution is -2.19. The van der Waals surface area contributed by atoms with E-state index in [4.69, 9.17) is 16.7 Å². The van der Waals surface area contributed by atoms with Crippen molar-refractivity contribution in [2.24, 2.45) is 5.92 Å². The van der Waals surface area contributed by atoms with Gasteiger partial charge in [-0.05, 0) is 36.1 Å². The molecule has 0 aliphatic carbocycles. The van der Waals surface area contributed by atoms with Gasteiger partial charge < -0.3 is 10.1 Å². The van der Waals surface area contributed by atoms with Crippen molar-refractivity contribution in [3.05, 3.63) is 45.2 Å². The number of carboxylic acids is 1. The molecule has 1 aromatic heterocycles. The average molecular weight is 266 g/mol. The first-order valence-electron chi connectivity index (χ1n) is 5.51. The number of carbonyl (C=O) groups is 1. The highest BCUT2D eigenvalue weighted by atomic mass is 35.5. The molecule has 1 aromatic carbocycles. The van der Waals surface area contributed by atoms with E-state index in [9.17, 15) is 9.59 Å². The number of benzene rings is 1. The van der Waals surface area contributed by atoms with Gasteiger partial charge in [-0.1, -0.05) is 18.5 Å². The van der Waals surface area contributed by atoms with Gasteiger partial charge in [0.25, 0.3) is 5.56 Å². The molecule has 0 spiro atoms. The molecule has 1 atom stereocenters. The average Bonchev–Trinajstić information content (AvgIpc) is 2.30. The molecule has 0 fully saturated rings. The summed E-state index contributed by atoms with van der Waals surface area (Å²) in [5.41, 5.74) is 0.897. The molecule has 18 heavy (non-hydrogen) atoms. The molecule has 94 valence electrons. The van der Waals surface area contributed by atoms with Crippen LogP contribution in [0.1, 0.15) is 12.5 Å². The number of hydrogen-bond acceptors (Lipinski definition) is 2. The van der Waals surface area contributed by atoms with Gasteiger partial charge in [0.2, 0.25) is 0 Å². The van der Waals surface area contributed by atoms with Crippen LogP contribution in [-0.4, -0.2) is 16.1 Å². The zero-order chi connectivity index (χ0) is 13.3. The van der Waals surface area contributed by atoms with Crippen LogP contribution in [0.25, 0.3) is 10.9 Å². The van der Waals surface area contributed by atoms with Gasteiger partial charge in [0.15, 0.2) is 0 Å². The zero-order valence-corrected chi connectivity index (χ0v) is 10.5. The third kappa shape index (κ3) is 2.54. The molecule has 0 radical (unpaired) electrons. The number of pyridine rings is 1. The Balaban J connectivity index is 2.48. The Kier molecular flexibility index (Phi) is 3.39. The van der Waals surface area contributed by atoms with Gasteiger partial charge >= 0.3 is 5.97 Å². The monoisotopic (exact) mass is 265 g/mol. The SMILES string of the molecule is CC(Cc1cc2cc(Cl)ccc2[nH]c1=O)C(=O)O. The van der Waals surface area contributed by atoms with Crippen LogP contribution >= 0.6 is 11.6 Å². The van der Waals surface area contributed by atoms with Crippen molar-refractivity contribution in [3.63, 3.8) is 0 Å². The molecular formula is C13H12ClNO3. The number of fused-ring (bicyclic) bond motifs is 1. The van der Waals surface area contributed by atoms with Crippen molar-refractivity contribution >= 4 is 28.5 Å². The van der Waals surface area contributed by atoms with E-state index in [2.05, 4.69) is 4.98 Å². The predicted octanol–water partition coefficient (Wildman–Crippen LogP) is 2.44. The summed E-state index contributed by atoms with van der Waals surface area (Å²) < 4.78 is 0. The highest BCUT2D eigenvalue weighted by Crippen LogP contribution is 2.18. The number of H-pyrrole nitrogens is 1. The summed E-state index contributed by atoms with van der Waals surface area (Å²) in [7, 11) is 0. The molecule has 0 bridgehead atoms. The second kappa shape index (κ2) is 4.82. The van der Waals surface area contributed by atoms with Gasteiger partial charge in [-0.15, -0.1) is 0 Å². The quantitative estimate of drug-likeness (QED) is 0.895. The molecule has 0 aliphatic rings. The lowest BCUT2D eigenvalue weighted by Gasteiger charge is -2.07. The van der Waals surface area contributed by atoms with Gasteiger partial charge in [-0.3, -0.25) is 9.59 Å². The number of aromatic amines is 1. The second-order valence-corrected chi connectivity index (χ2v) is 4.74. The van der Waals surface area contributed by atoms with E-state index in [1.165, 1.54) is 0 Å². The topological polar surface area (TPSA) is 70.2 Å². The largest absolute Gasteiger partial charge is 0.481 e. The van der Waals surface area contributed by atoms with Crippen LogP contribution in [0.4, 0.5) is 0 Å². The number of nitrogens with one attached hydrogen (secondary N) is 1.